The SMILES string of the molecule is CCOC(=O)c1cn(Cc2ccc(-c3ccccc3C(=O)O)cc2)c2sc(CC)cc2c1=O. The van der Waals surface area contributed by atoms with Crippen LogP contribution in [0.3, 0.4) is 0 Å². The molecule has 4 rings (SSSR count). The van der Waals surface area contributed by atoms with Gasteiger partial charge in [0.2, 0.25) is 5.43 Å². The number of nitrogens with zero attached hydrogens (tertiary/aromatic N) is 1. The largest absolute Gasteiger partial charge is 0.478 e. The first-order chi connectivity index (χ1) is 15.9. The van der Waals surface area contributed by atoms with Crippen LogP contribution in [-0.2, 0) is 17.7 Å². The molecule has 0 aliphatic rings. The Kier molecular flexibility index (Phi) is 6.42. The summed E-state index contributed by atoms with van der Waals surface area (Å²) >= 11 is 1.54. The average molecular weight is 462 g/mol. The highest BCUT2D eigenvalue weighted by molar-refractivity contribution is 7.18. The maximum Gasteiger partial charge on any atom is 0.343 e. The lowest BCUT2D eigenvalue weighted by atomic mass is 9.99. The minimum atomic E-state index is -0.971. The number of carbonyl (C=O) groups excluding carboxylic acids is 1. The highest BCUT2D eigenvalue weighted by Crippen LogP contribution is 2.27. The van der Waals surface area contributed by atoms with E-state index in [2.05, 4.69) is 0 Å². The van der Waals surface area contributed by atoms with Crippen molar-refractivity contribution in [3.8, 4) is 11.1 Å². The van der Waals surface area contributed by atoms with Crippen LogP contribution in [0.4, 0.5) is 0 Å². The summed E-state index contributed by atoms with van der Waals surface area (Å²) in [6.07, 6.45) is 2.37. The fraction of sp³-hybridized carbons (Fsp3) is 0.192. The van der Waals surface area contributed by atoms with Gasteiger partial charge in [-0.25, -0.2) is 9.59 Å². The lowest BCUT2D eigenvalue weighted by Crippen LogP contribution is -2.20. The molecule has 0 radical (unpaired) electrons. The molecule has 168 valence electrons. The van der Waals surface area contributed by atoms with E-state index in [-0.39, 0.29) is 23.2 Å². The molecule has 2 aromatic carbocycles. The smallest absolute Gasteiger partial charge is 0.343 e. The van der Waals surface area contributed by atoms with Crippen LogP contribution in [0.15, 0.2) is 65.6 Å². The molecule has 0 saturated carbocycles. The number of carbonyl (C=O) groups is 2. The highest BCUT2D eigenvalue weighted by Gasteiger charge is 2.19. The van der Waals surface area contributed by atoms with Gasteiger partial charge >= 0.3 is 11.9 Å². The van der Waals surface area contributed by atoms with Crippen molar-refractivity contribution in [2.75, 3.05) is 6.61 Å². The molecule has 0 spiro atoms. The first kappa shape index (κ1) is 22.5. The van der Waals surface area contributed by atoms with Crippen LogP contribution >= 0.6 is 11.3 Å². The molecule has 0 bridgehead atoms. The standard InChI is InChI=1S/C26H23NO5S/c1-3-18-13-21-23(28)22(26(31)32-4-2)15-27(24(21)33-18)14-16-9-11-17(12-10-16)19-7-5-6-8-20(19)25(29)30/h5-13,15H,3-4,14H2,1-2H3,(H,29,30). The minimum Gasteiger partial charge on any atom is -0.478 e. The first-order valence-corrected chi connectivity index (χ1v) is 11.5. The van der Waals surface area contributed by atoms with Crippen molar-refractivity contribution in [2.24, 2.45) is 0 Å². The molecule has 2 heterocycles. The van der Waals surface area contributed by atoms with Crippen LogP contribution in [-0.4, -0.2) is 28.2 Å². The third-order valence-corrected chi connectivity index (χ3v) is 6.73. The number of aryl methyl sites for hydroxylation is 1. The Morgan fingerprint density at radius 3 is 2.42 bits per heavy atom. The summed E-state index contributed by atoms with van der Waals surface area (Å²) in [4.78, 5) is 38.7. The number of fused-ring (bicyclic) bond motifs is 1. The number of ether oxygens (including phenoxy) is 1. The van der Waals surface area contributed by atoms with Crippen molar-refractivity contribution in [1.29, 1.82) is 0 Å². The van der Waals surface area contributed by atoms with Crippen molar-refractivity contribution in [3.63, 3.8) is 0 Å². The van der Waals surface area contributed by atoms with E-state index in [1.165, 1.54) is 0 Å². The third kappa shape index (κ3) is 4.45. The molecule has 0 fully saturated rings. The lowest BCUT2D eigenvalue weighted by molar-refractivity contribution is 0.0523. The molecule has 7 heteroatoms. The number of aromatic carboxylic acids is 1. The van der Waals surface area contributed by atoms with Crippen molar-refractivity contribution in [3.05, 3.63) is 92.6 Å². The monoisotopic (exact) mass is 461 g/mol. The number of esters is 1. The molecule has 0 aliphatic carbocycles. The van der Waals surface area contributed by atoms with Gasteiger partial charge in [0.05, 0.1) is 17.6 Å². The van der Waals surface area contributed by atoms with Gasteiger partial charge in [-0.05, 0) is 42.2 Å². The second-order valence-corrected chi connectivity index (χ2v) is 8.67. The Morgan fingerprint density at radius 2 is 1.76 bits per heavy atom. The van der Waals surface area contributed by atoms with Crippen molar-refractivity contribution < 1.29 is 19.4 Å². The van der Waals surface area contributed by atoms with E-state index >= 15 is 0 Å². The van der Waals surface area contributed by atoms with E-state index in [1.54, 1.807) is 42.7 Å². The van der Waals surface area contributed by atoms with Crippen molar-refractivity contribution in [2.45, 2.75) is 26.8 Å². The predicted molar refractivity (Wildman–Crippen MR) is 129 cm³/mol. The van der Waals surface area contributed by atoms with E-state index < -0.39 is 11.9 Å². The summed E-state index contributed by atoms with van der Waals surface area (Å²) in [7, 11) is 0. The first-order valence-electron chi connectivity index (χ1n) is 10.7. The van der Waals surface area contributed by atoms with Gasteiger partial charge in [0.1, 0.15) is 10.4 Å². The zero-order valence-electron chi connectivity index (χ0n) is 18.3. The molecule has 33 heavy (non-hydrogen) atoms. The van der Waals surface area contributed by atoms with Crippen LogP contribution in [0.2, 0.25) is 0 Å². The van der Waals surface area contributed by atoms with Crippen LogP contribution in [0, 0.1) is 0 Å². The van der Waals surface area contributed by atoms with Crippen LogP contribution in [0.5, 0.6) is 0 Å². The van der Waals surface area contributed by atoms with Crippen LogP contribution < -0.4 is 5.43 Å². The molecule has 0 saturated heterocycles. The average Bonchev–Trinajstić information content (AvgIpc) is 3.27. The Bertz CT molecular complexity index is 1400. The molecule has 0 atom stereocenters. The molecular weight excluding hydrogens is 438 g/mol. The summed E-state index contributed by atoms with van der Waals surface area (Å²) in [5, 5.41) is 9.99. The lowest BCUT2D eigenvalue weighted by Gasteiger charge is -2.12. The molecule has 6 nitrogen and oxygen atoms in total. The Morgan fingerprint density at radius 1 is 1.03 bits per heavy atom. The van der Waals surface area contributed by atoms with E-state index in [0.717, 1.165) is 27.3 Å². The van der Waals surface area contributed by atoms with Crippen molar-refractivity contribution >= 4 is 33.5 Å². The maximum absolute atomic E-state index is 12.9. The topological polar surface area (TPSA) is 85.6 Å². The van der Waals surface area contributed by atoms with Gasteiger partial charge in [0.25, 0.3) is 0 Å². The Hall–Kier alpha value is -3.71. The molecule has 1 N–H and O–H groups in total. The van der Waals surface area contributed by atoms with Crippen LogP contribution in [0.25, 0.3) is 21.3 Å². The van der Waals surface area contributed by atoms with Gasteiger partial charge in [-0.1, -0.05) is 49.4 Å². The van der Waals surface area contributed by atoms with Gasteiger partial charge in [0, 0.05) is 17.6 Å². The number of aromatic nitrogens is 1. The highest BCUT2D eigenvalue weighted by atomic mass is 32.1. The zero-order valence-corrected chi connectivity index (χ0v) is 19.1. The molecule has 4 aromatic rings. The summed E-state index contributed by atoms with van der Waals surface area (Å²) in [5.74, 6) is -1.59. The minimum absolute atomic E-state index is 0.0248. The maximum atomic E-state index is 12.9. The summed E-state index contributed by atoms with van der Waals surface area (Å²) < 4.78 is 7.00. The van der Waals surface area contributed by atoms with Gasteiger partial charge in [-0.15, -0.1) is 11.3 Å². The predicted octanol–water partition coefficient (Wildman–Crippen LogP) is 5.22. The zero-order chi connectivity index (χ0) is 23.5. The number of pyridine rings is 1. The normalized spacial score (nSPS) is 11.0. The number of hydrogen-bond donors (Lipinski definition) is 1. The molecule has 0 amide bonds. The van der Waals surface area contributed by atoms with E-state index in [0.29, 0.717) is 17.5 Å². The van der Waals surface area contributed by atoms with Gasteiger partial charge < -0.3 is 14.4 Å². The van der Waals surface area contributed by atoms with Gasteiger partial charge in [0.15, 0.2) is 0 Å². The van der Waals surface area contributed by atoms with E-state index in [1.807, 2.05) is 47.9 Å². The molecule has 2 aromatic heterocycles. The fourth-order valence-electron chi connectivity index (χ4n) is 3.78. The number of hydrogen-bond acceptors (Lipinski definition) is 5. The quantitative estimate of drug-likeness (QED) is 0.382. The summed E-state index contributed by atoms with van der Waals surface area (Å²) in [6.45, 7) is 4.38. The van der Waals surface area contributed by atoms with E-state index in [4.69, 9.17) is 4.74 Å². The molecular formula is C26H23NO5S. The molecule has 0 unspecified atom stereocenters. The number of benzene rings is 2. The van der Waals surface area contributed by atoms with E-state index in [9.17, 15) is 19.5 Å². The summed E-state index contributed by atoms with van der Waals surface area (Å²) in [5.41, 5.74) is 2.37. The fourth-order valence-corrected chi connectivity index (χ4v) is 4.84. The molecule has 0 aliphatic heterocycles. The Balaban J connectivity index is 1.74. The van der Waals surface area contributed by atoms with Crippen molar-refractivity contribution in [1.82, 2.24) is 4.57 Å². The third-order valence-electron chi connectivity index (χ3n) is 5.42. The number of rotatable bonds is 7. The Labute approximate surface area is 194 Å². The number of thiophene rings is 1. The number of carboxylic acid groups (broad SMARTS) is 1. The second-order valence-electron chi connectivity index (χ2n) is 7.55. The van der Waals surface area contributed by atoms with Crippen LogP contribution in [0.1, 0.15) is 45.0 Å². The second kappa shape index (κ2) is 9.42. The number of carboxylic acids is 1. The summed E-state index contributed by atoms with van der Waals surface area (Å²) in [6, 6.07) is 16.4. The van der Waals surface area contributed by atoms with Gasteiger partial charge in [-0.3, -0.25) is 4.79 Å². The van der Waals surface area contributed by atoms with Gasteiger partial charge in [-0.2, -0.15) is 0 Å².